The summed E-state index contributed by atoms with van der Waals surface area (Å²) >= 11 is 6.04. The standard InChI is InChI=1S/C22H27ClN2O5S/c1-20(2)13-8-14(22(20,18(26)9-13)11-31(28,29)30)10-21(3,27)19-16(24)7-12-6-15(23)4-5-17(12)25-19/h4-7,13-14,27H,8-11,24H2,1-3H3,(H,28,29,30). The van der Waals surface area contributed by atoms with Crippen molar-refractivity contribution < 1.29 is 22.9 Å². The van der Waals surface area contributed by atoms with E-state index in [1.165, 1.54) is 0 Å². The summed E-state index contributed by atoms with van der Waals surface area (Å²) in [5.41, 5.74) is 4.03. The van der Waals surface area contributed by atoms with Crippen LogP contribution in [0.2, 0.25) is 5.02 Å². The molecule has 2 aliphatic carbocycles. The van der Waals surface area contributed by atoms with Crippen LogP contribution >= 0.6 is 11.6 Å². The number of benzene rings is 1. The molecule has 1 aromatic carbocycles. The van der Waals surface area contributed by atoms with Gasteiger partial charge in [0.25, 0.3) is 10.1 Å². The summed E-state index contributed by atoms with van der Waals surface area (Å²) in [6.07, 6.45) is 0.982. The van der Waals surface area contributed by atoms with Crippen molar-refractivity contribution in [3.8, 4) is 0 Å². The smallest absolute Gasteiger partial charge is 0.265 e. The monoisotopic (exact) mass is 466 g/mol. The molecule has 1 aromatic heterocycles. The largest absolute Gasteiger partial charge is 0.397 e. The average molecular weight is 467 g/mol. The lowest BCUT2D eigenvalue weighted by Crippen LogP contribution is -2.48. The lowest BCUT2D eigenvalue weighted by Gasteiger charge is -2.42. The van der Waals surface area contributed by atoms with E-state index in [0.29, 0.717) is 17.0 Å². The fourth-order valence-electron chi connectivity index (χ4n) is 6.16. The molecule has 7 nitrogen and oxygen atoms in total. The van der Waals surface area contributed by atoms with Crippen molar-refractivity contribution in [3.05, 3.63) is 35.0 Å². The maximum Gasteiger partial charge on any atom is 0.265 e. The quantitative estimate of drug-likeness (QED) is 0.574. The van der Waals surface area contributed by atoms with Gasteiger partial charge in [-0.3, -0.25) is 9.35 Å². The third kappa shape index (κ3) is 3.44. The molecule has 2 aliphatic rings. The van der Waals surface area contributed by atoms with Crippen LogP contribution in [0.3, 0.4) is 0 Å². The van der Waals surface area contributed by atoms with Crippen molar-refractivity contribution in [3.63, 3.8) is 0 Å². The van der Waals surface area contributed by atoms with Gasteiger partial charge in [0.05, 0.1) is 28.1 Å². The van der Waals surface area contributed by atoms with E-state index < -0.39 is 38.2 Å². The Labute approximate surface area is 186 Å². The number of hydrogen-bond donors (Lipinski definition) is 3. The first-order chi connectivity index (χ1) is 14.2. The van der Waals surface area contributed by atoms with Crippen molar-refractivity contribution in [2.45, 2.75) is 45.6 Å². The minimum Gasteiger partial charge on any atom is -0.397 e. The van der Waals surface area contributed by atoms with Crippen molar-refractivity contribution in [2.24, 2.45) is 22.7 Å². The maximum absolute atomic E-state index is 13.0. The van der Waals surface area contributed by atoms with Gasteiger partial charge < -0.3 is 10.8 Å². The molecule has 2 aromatic rings. The molecule has 4 atom stereocenters. The molecular weight excluding hydrogens is 440 g/mol. The number of aromatic nitrogens is 1. The molecule has 4 rings (SSSR count). The summed E-state index contributed by atoms with van der Waals surface area (Å²) in [6, 6.07) is 6.86. The number of hydrogen-bond acceptors (Lipinski definition) is 6. The highest BCUT2D eigenvalue weighted by Crippen LogP contribution is 2.68. The van der Waals surface area contributed by atoms with E-state index in [0.717, 1.165) is 5.39 Å². The lowest BCUT2D eigenvalue weighted by molar-refractivity contribution is -0.133. The van der Waals surface area contributed by atoms with Crippen LogP contribution in [0, 0.1) is 22.7 Å². The van der Waals surface area contributed by atoms with Crippen LogP contribution in [0.5, 0.6) is 0 Å². The molecule has 168 valence electrons. The predicted molar refractivity (Wildman–Crippen MR) is 119 cm³/mol. The number of nitrogen functional groups attached to an aromatic ring is 1. The average Bonchev–Trinajstić information content (AvgIpc) is 2.91. The minimum absolute atomic E-state index is 0.00778. The highest BCUT2D eigenvalue weighted by atomic mass is 35.5. The van der Waals surface area contributed by atoms with Gasteiger partial charge in [0.15, 0.2) is 0 Å². The van der Waals surface area contributed by atoms with Crippen LogP contribution < -0.4 is 5.73 Å². The number of carbonyl (C=O) groups is 1. The topological polar surface area (TPSA) is 131 Å². The number of rotatable bonds is 5. The highest BCUT2D eigenvalue weighted by molar-refractivity contribution is 7.85. The van der Waals surface area contributed by atoms with E-state index in [1.54, 1.807) is 31.2 Å². The lowest BCUT2D eigenvalue weighted by atomic mass is 9.63. The second-order valence-corrected chi connectivity index (χ2v) is 11.8. The van der Waals surface area contributed by atoms with Crippen LogP contribution in [-0.4, -0.2) is 34.6 Å². The number of Topliss-reactive ketones (excluding diaryl/α,β-unsaturated/α-hetero) is 1. The molecule has 0 saturated heterocycles. The Hall–Kier alpha value is -1.74. The van der Waals surface area contributed by atoms with E-state index in [1.807, 2.05) is 13.8 Å². The summed E-state index contributed by atoms with van der Waals surface area (Å²) in [4.78, 5) is 17.6. The van der Waals surface area contributed by atoms with Crippen LogP contribution in [0.25, 0.3) is 10.9 Å². The van der Waals surface area contributed by atoms with Gasteiger partial charge in [-0.25, -0.2) is 4.98 Å². The SMILES string of the molecule is CC(O)(CC1CC2CC(=O)C1(CS(=O)(=O)O)C2(C)C)c1nc2ccc(Cl)cc2cc1N. The summed E-state index contributed by atoms with van der Waals surface area (Å²) in [5, 5.41) is 12.7. The van der Waals surface area contributed by atoms with E-state index in [2.05, 4.69) is 4.98 Å². The molecule has 31 heavy (non-hydrogen) atoms. The fraction of sp³-hybridized carbons (Fsp3) is 0.545. The van der Waals surface area contributed by atoms with Gasteiger partial charge in [0.2, 0.25) is 0 Å². The third-order valence-electron chi connectivity index (χ3n) is 7.74. The zero-order valence-corrected chi connectivity index (χ0v) is 19.3. The van der Waals surface area contributed by atoms with Gasteiger partial charge in [0, 0.05) is 16.8 Å². The molecular formula is C22H27ClN2O5S. The zero-order chi connectivity index (χ0) is 23.0. The normalized spacial score (nSPS) is 29.4. The number of fused-ring (bicyclic) bond motifs is 3. The van der Waals surface area contributed by atoms with Crippen molar-refractivity contribution in [1.29, 1.82) is 0 Å². The number of nitrogens with zero attached hydrogens (tertiary/aromatic N) is 1. The minimum atomic E-state index is -4.40. The summed E-state index contributed by atoms with van der Waals surface area (Å²) in [7, 11) is -4.40. The first-order valence-electron chi connectivity index (χ1n) is 10.2. The van der Waals surface area contributed by atoms with E-state index in [-0.39, 0.29) is 35.9 Å². The van der Waals surface area contributed by atoms with Gasteiger partial charge in [-0.2, -0.15) is 8.42 Å². The Bertz CT molecular complexity index is 1190. The summed E-state index contributed by atoms with van der Waals surface area (Å²) < 4.78 is 33.5. The molecule has 2 bridgehead atoms. The van der Waals surface area contributed by atoms with Crippen molar-refractivity contribution in [2.75, 3.05) is 11.5 Å². The molecule has 0 radical (unpaired) electrons. The van der Waals surface area contributed by atoms with Gasteiger partial charge in [-0.05, 0) is 61.3 Å². The number of halogens is 1. The Kier molecular flexibility index (Phi) is 4.98. The molecule has 0 spiro atoms. The molecule has 4 N–H and O–H groups in total. The van der Waals surface area contributed by atoms with E-state index in [9.17, 15) is 22.9 Å². The van der Waals surface area contributed by atoms with Crippen LogP contribution in [0.15, 0.2) is 24.3 Å². The second-order valence-electron chi connectivity index (χ2n) is 9.92. The van der Waals surface area contributed by atoms with E-state index in [4.69, 9.17) is 17.3 Å². The Morgan fingerprint density at radius 2 is 2.00 bits per heavy atom. The molecule has 0 aliphatic heterocycles. The van der Waals surface area contributed by atoms with Crippen LogP contribution in [-0.2, 0) is 20.5 Å². The van der Waals surface area contributed by atoms with Crippen LogP contribution in [0.1, 0.15) is 45.7 Å². The number of pyridine rings is 1. The summed E-state index contributed by atoms with van der Waals surface area (Å²) in [5.74, 6) is -1.25. The number of aliphatic hydroxyl groups is 1. The third-order valence-corrected chi connectivity index (χ3v) is 8.79. The summed E-state index contributed by atoms with van der Waals surface area (Å²) in [6.45, 7) is 5.35. The Morgan fingerprint density at radius 1 is 1.32 bits per heavy atom. The number of carbonyl (C=O) groups excluding carboxylic acids is 1. The van der Waals surface area contributed by atoms with Crippen LogP contribution in [0.4, 0.5) is 5.69 Å². The number of anilines is 1. The zero-order valence-electron chi connectivity index (χ0n) is 17.7. The van der Waals surface area contributed by atoms with Crippen molar-refractivity contribution >= 4 is 44.1 Å². The first-order valence-corrected chi connectivity index (χ1v) is 12.2. The fourth-order valence-corrected chi connectivity index (χ4v) is 7.69. The first kappa shape index (κ1) is 22.5. The number of ketones is 1. The number of nitrogens with two attached hydrogens (primary N) is 1. The molecule has 4 unspecified atom stereocenters. The van der Waals surface area contributed by atoms with E-state index >= 15 is 0 Å². The van der Waals surface area contributed by atoms with Gasteiger partial charge >= 0.3 is 0 Å². The molecule has 2 fully saturated rings. The highest BCUT2D eigenvalue weighted by Gasteiger charge is 2.70. The van der Waals surface area contributed by atoms with Gasteiger partial charge in [-0.15, -0.1) is 0 Å². The molecule has 1 heterocycles. The van der Waals surface area contributed by atoms with Gasteiger partial charge in [0.1, 0.15) is 11.4 Å². The molecule has 0 amide bonds. The predicted octanol–water partition coefficient (Wildman–Crippen LogP) is 3.58. The molecule has 9 heteroatoms. The molecule has 2 saturated carbocycles. The Morgan fingerprint density at radius 3 is 2.61 bits per heavy atom. The maximum atomic E-state index is 13.0. The van der Waals surface area contributed by atoms with Gasteiger partial charge in [-0.1, -0.05) is 25.4 Å². The van der Waals surface area contributed by atoms with Crippen molar-refractivity contribution in [1.82, 2.24) is 4.98 Å². The second kappa shape index (κ2) is 6.88. The Balaban J connectivity index is 1.76.